The minimum atomic E-state index is -1.13. The van der Waals surface area contributed by atoms with Gasteiger partial charge in [-0.2, -0.15) is 0 Å². The molecule has 330 valence electrons. The molecule has 0 aromatic heterocycles. The molecule has 0 heterocycles. The Kier molecular flexibility index (Phi) is 45.5. The molecule has 5 heteroatoms. The smallest absolute Gasteiger partial charge is 0.220 e. The molecule has 0 aliphatic carbocycles. The van der Waals surface area contributed by atoms with Gasteiger partial charge in [0.1, 0.15) is 6.10 Å². The van der Waals surface area contributed by atoms with Gasteiger partial charge in [-0.3, -0.25) is 4.79 Å². The molecule has 0 aliphatic rings. The van der Waals surface area contributed by atoms with E-state index in [9.17, 15) is 20.1 Å². The zero-order valence-electron chi connectivity index (χ0n) is 37.6. The fourth-order valence-electron chi connectivity index (χ4n) is 8.28. The van der Waals surface area contributed by atoms with E-state index in [1.54, 1.807) is 0 Å². The molecule has 3 unspecified atom stereocenters. The van der Waals surface area contributed by atoms with Crippen molar-refractivity contribution in [2.75, 3.05) is 6.61 Å². The number of aliphatic hydroxyl groups excluding tert-OH is 3. The third-order valence-corrected chi connectivity index (χ3v) is 12.2. The Hall–Kier alpha value is -0.650. The molecular formula is C50H101NO4. The van der Waals surface area contributed by atoms with Gasteiger partial charge >= 0.3 is 0 Å². The van der Waals surface area contributed by atoms with Crippen molar-refractivity contribution in [3.8, 4) is 0 Å². The van der Waals surface area contributed by atoms with E-state index in [4.69, 9.17) is 0 Å². The van der Waals surface area contributed by atoms with Gasteiger partial charge in [0, 0.05) is 6.42 Å². The normalized spacial score (nSPS) is 13.3. The molecule has 0 saturated carbocycles. The summed E-state index contributed by atoms with van der Waals surface area (Å²) >= 11 is 0. The molecule has 55 heavy (non-hydrogen) atoms. The lowest BCUT2D eigenvalue weighted by atomic mass is 9.99. The summed E-state index contributed by atoms with van der Waals surface area (Å²) in [6.07, 6.45) is 54.1. The maximum atomic E-state index is 12.4. The molecule has 0 rings (SSSR count). The maximum absolute atomic E-state index is 12.4. The van der Waals surface area contributed by atoms with Crippen LogP contribution in [0.1, 0.15) is 290 Å². The first-order valence-electron chi connectivity index (χ1n) is 25.3. The van der Waals surface area contributed by atoms with Crippen LogP contribution < -0.4 is 5.32 Å². The van der Waals surface area contributed by atoms with E-state index >= 15 is 0 Å². The van der Waals surface area contributed by atoms with Crippen molar-refractivity contribution in [1.29, 1.82) is 0 Å². The van der Waals surface area contributed by atoms with E-state index in [0.717, 1.165) is 38.5 Å². The molecule has 0 fully saturated rings. The van der Waals surface area contributed by atoms with Crippen molar-refractivity contribution in [1.82, 2.24) is 5.32 Å². The van der Waals surface area contributed by atoms with E-state index in [0.29, 0.717) is 12.8 Å². The second-order valence-electron chi connectivity index (χ2n) is 17.7. The lowest BCUT2D eigenvalue weighted by Crippen LogP contribution is -2.50. The van der Waals surface area contributed by atoms with Gasteiger partial charge in [0.15, 0.2) is 0 Å². The number of hydrogen-bond donors (Lipinski definition) is 4. The molecule has 3 atom stereocenters. The monoisotopic (exact) mass is 780 g/mol. The summed E-state index contributed by atoms with van der Waals surface area (Å²) in [4.78, 5) is 12.4. The maximum Gasteiger partial charge on any atom is 0.220 e. The van der Waals surface area contributed by atoms with Gasteiger partial charge in [0.05, 0.1) is 18.8 Å². The van der Waals surface area contributed by atoms with Gasteiger partial charge in [0.2, 0.25) is 5.91 Å². The molecule has 0 aliphatic heterocycles. The fraction of sp³-hybridized carbons (Fsp3) is 0.980. The molecule has 0 aromatic rings. The van der Waals surface area contributed by atoms with Crippen LogP contribution in [0.15, 0.2) is 0 Å². The molecule has 0 saturated heterocycles. The van der Waals surface area contributed by atoms with Crippen LogP contribution in [0.4, 0.5) is 0 Å². The lowest BCUT2D eigenvalue weighted by Gasteiger charge is -2.26. The molecule has 5 nitrogen and oxygen atoms in total. The summed E-state index contributed by atoms with van der Waals surface area (Å²) in [5.41, 5.74) is 0. The Morgan fingerprint density at radius 3 is 0.873 bits per heavy atom. The van der Waals surface area contributed by atoms with Crippen molar-refractivity contribution in [2.45, 2.75) is 308 Å². The van der Waals surface area contributed by atoms with Gasteiger partial charge in [-0.25, -0.2) is 0 Å². The average molecular weight is 780 g/mol. The Bertz CT molecular complexity index is 733. The highest BCUT2D eigenvalue weighted by molar-refractivity contribution is 5.76. The number of nitrogens with one attached hydrogen (secondary N) is 1. The zero-order chi connectivity index (χ0) is 40.1. The number of rotatable bonds is 47. The topological polar surface area (TPSA) is 89.8 Å². The molecule has 0 aromatic carbocycles. The summed E-state index contributed by atoms with van der Waals surface area (Å²) < 4.78 is 0. The van der Waals surface area contributed by atoms with Gasteiger partial charge in [-0.15, -0.1) is 0 Å². The summed E-state index contributed by atoms with van der Waals surface area (Å²) in [7, 11) is 0. The van der Waals surface area contributed by atoms with Crippen molar-refractivity contribution in [2.24, 2.45) is 0 Å². The minimum absolute atomic E-state index is 0.140. The first-order valence-corrected chi connectivity index (χ1v) is 25.3. The Morgan fingerprint density at radius 2 is 0.618 bits per heavy atom. The van der Waals surface area contributed by atoms with E-state index in [-0.39, 0.29) is 12.5 Å². The van der Waals surface area contributed by atoms with Crippen LogP contribution in [-0.2, 0) is 4.79 Å². The predicted octanol–water partition coefficient (Wildman–Crippen LogP) is 15.0. The molecule has 1 amide bonds. The van der Waals surface area contributed by atoms with Gasteiger partial charge in [-0.05, 0) is 12.8 Å². The van der Waals surface area contributed by atoms with Crippen LogP contribution in [-0.4, -0.2) is 46.1 Å². The number of unbranched alkanes of at least 4 members (excludes halogenated alkanes) is 39. The average Bonchev–Trinajstić information content (AvgIpc) is 3.19. The van der Waals surface area contributed by atoms with Crippen LogP contribution in [0.3, 0.4) is 0 Å². The van der Waals surface area contributed by atoms with Gasteiger partial charge in [-0.1, -0.05) is 271 Å². The highest BCUT2D eigenvalue weighted by atomic mass is 16.3. The molecule has 0 bridgehead atoms. The van der Waals surface area contributed by atoms with E-state index < -0.39 is 18.2 Å². The van der Waals surface area contributed by atoms with Crippen LogP contribution >= 0.6 is 0 Å². The van der Waals surface area contributed by atoms with Crippen LogP contribution in [0.25, 0.3) is 0 Å². The second-order valence-corrected chi connectivity index (χ2v) is 17.7. The Morgan fingerprint density at radius 1 is 0.382 bits per heavy atom. The lowest BCUT2D eigenvalue weighted by molar-refractivity contribution is -0.124. The van der Waals surface area contributed by atoms with Crippen molar-refractivity contribution in [3.63, 3.8) is 0 Å². The van der Waals surface area contributed by atoms with Crippen LogP contribution in [0.5, 0.6) is 0 Å². The highest BCUT2D eigenvalue weighted by Gasteiger charge is 2.26. The van der Waals surface area contributed by atoms with Gasteiger partial charge < -0.3 is 20.6 Å². The van der Waals surface area contributed by atoms with Crippen molar-refractivity contribution >= 4 is 5.91 Å². The van der Waals surface area contributed by atoms with E-state index in [1.807, 2.05) is 0 Å². The molecule has 0 radical (unpaired) electrons. The number of carbonyl (C=O) groups excluding carboxylic acids is 1. The van der Waals surface area contributed by atoms with Crippen LogP contribution in [0, 0.1) is 0 Å². The molecular weight excluding hydrogens is 679 g/mol. The predicted molar refractivity (Wildman–Crippen MR) is 241 cm³/mol. The van der Waals surface area contributed by atoms with Crippen LogP contribution in [0.2, 0.25) is 0 Å². The fourth-order valence-corrected chi connectivity index (χ4v) is 8.28. The summed E-state index contributed by atoms with van der Waals surface area (Å²) in [6.45, 7) is 4.18. The van der Waals surface area contributed by atoms with Crippen molar-refractivity contribution < 1.29 is 20.1 Å². The van der Waals surface area contributed by atoms with E-state index in [1.165, 1.54) is 225 Å². The summed E-state index contributed by atoms with van der Waals surface area (Å²) in [5.74, 6) is -0.140. The summed E-state index contributed by atoms with van der Waals surface area (Å²) in [5, 5.41) is 33.4. The zero-order valence-corrected chi connectivity index (χ0v) is 37.6. The quantitative estimate of drug-likeness (QED) is 0.0463. The summed E-state index contributed by atoms with van der Waals surface area (Å²) in [6, 6.07) is -0.801. The number of carbonyl (C=O) groups is 1. The highest BCUT2D eigenvalue weighted by Crippen LogP contribution is 2.18. The number of hydrogen-bond acceptors (Lipinski definition) is 4. The van der Waals surface area contributed by atoms with Gasteiger partial charge in [0.25, 0.3) is 0 Å². The first kappa shape index (κ1) is 54.3. The Labute approximate surface area is 345 Å². The third kappa shape index (κ3) is 41.3. The third-order valence-electron chi connectivity index (χ3n) is 12.2. The standard InChI is InChI=1S/C50H101NO4/c1-3-5-7-9-11-13-14-15-16-17-18-19-20-21-22-23-24-25-26-27-28-29-30-31-32-33-34-35-37-39-41-43-45-49(54)51-47(46-52)50(55)48(53)44-42-40-38-36-12-10-8-6-4-2/h47-48,50,52-53,55H,3-46H2,1-2H3,(H,51,54). The van der Waals surface area contributed by atoms with Crippen molar-refractivity contribution in [3.05, 3.63) is 0 Å². The largest absolute Gasteiger partial charge is 0.394 e. The second kappa shape index (κ2) is 46.0. The first-order chi connectivity index (χ1) is 27.1. The molecule has 0 spiro atoms. The number of aliphatic hydroxyl groups is 3. The van der Waals surface area contributed by atoms with E-state index in [2.05, 4.69) is 19.2 Å². The molecule has 4 N–H and O–H groups in total. The SMILES string of the molecule is CCCCCCCCCCCCCCCCCCCCCCCCCCCCCCCCCCC(=O)NC(CO)C(O)C(O)CCCCCCCCCCC. The minimum Gasteiger partial charge on any atom is -0.394 e. The Balaban J connectivity index is 3.40. The number of amides is 1.